The predicted molar refractivity (Wildman–Crippen MR) is 96.5 cm³/mol. The molecule has 0 aromatic heterocycles. The second-order valence-corrected chi connectivity index (χ2v) is 10.4. The van der Waals surface area contributed by atoms with Crippen LogP contribution < -0.4 is 0 Å². The minimum Gasteiger partial charge on any atom is -0.384 e. The lowest BCUT2D eigenvalue weighted by Crippen LogP contribution is -2.51. The van der Waals surface area contributed by atoms with Gasteiger partial charge in [-0.05, 0) is 23.6 Å². The molecule has 2 rings (SSSR count). The van der Waals surface area contributed by atoms with Crippen LogP contribution in [0.1, 0.15) is 25.3 Å². The molecule has 1 aromatic carbocycles. The third kappa shape index (κ3) is 4.79. The summed E-state index contributed by atoms with van der Waals surface area (Å²) in [4.78, 5) is 0.243. The molecule has 0 saturated carbocycles. The Morgan fingerprint density at radius 2 is 1.48 bits per heavy atom. The molecule has 0 radical (unpaired) electrons. The molecular weight excluding hydrogens is 364 g/mol. The van der Waals surface area contributed by atoms with Gasteiger partial charge in [-0.1, -0.05) is 26.0 Å². The largest absolute Gasteiger partial charge is 0.384 e. The standard InChI is InChI=1S/C16H26N2O5S2/c1-14(2)15-4-6-16(7-5-15)25(21,22)18-10-8-17(9-11-18)24(19,20)13-12-23-3/h4-7,14H,8-13H2,1-3H3. The van der Waals surface area contributed by atoms with Crippen LogP contribution in [-0.2, 0) is 24.8 Å². The van der Waals surface area contributed by atoms with Crippen molar-refractivity contribution >= 4 is 20.0 Å². The summed E-state index contributed by atoms with van der Waals surface area (Å²) < 4.78 is 57.3. The van der Waals surface area contributed by atoms with E-state index in [1.807, 2.05) is 26.0 Å². The lowest BCUT2D eigenvalue weighted by atomic mass is 10.0. The van der Waals surface area contributed by atoms with Gasteiger partial charge in [-0.25, -0.2) is 16.8 Å². The van der Waals surface area contributed by atoms with Crippen molar-refractivity contribution in [2.24, 2.45) is 0 Å². The zero-order chi connectivity index (χ0) is 18.7. The zero-order valence-corrected chi connectivity index (χ0v) is 16.5. The lowest BCUT2D eigenvalue weighted by molar-refractivity contribution is 0.213. The minimum absolute atomic E-state index is 0.0904. The Bertz CT molecular complexity index is 765. The molecule has 0 bridgehead atoms. The van der Waals surface area contributed by atoms with E-state index in [9.17, 15) is 16.8 Å². The average molecular weight is 391 g/mol. The highest BCUT2D eigenvalue weighted by Gasteiger charge is 2.32. The summed E-state index contributed by atoms with van der Waals surface area (Å²) in [5.74, 6) is 0.241. The first kappa shape index (κ1) is 20.3. The molecule has 0 amide bonds. The molecule has 0 aliphatic carbocycles. The van der Waals surface area contributed by atoms with Crippen LogP contribution in [0.15, 0.2) is 29.2 Å². The maximum atomic E-state index is 12.7. The van der Waals surface area contributed by atoms with Gasteiger partial charge in [0.05, 0.1) is 17.3 Å². The van der Waals surface area contributed by atoms with E-state index < -0.39 is 20.0 Å². The van der Waals surface area contributed by atoms with E-state index in [1.54, 1.807) is 12.1 Å². The summed E-state index contributed by atoms with van der Waals surface area (Å²) in [5, 5.41) is 0. The Morgan fingerprint density at radius 3 is 1.96 bits per heavy atom. The molecule has 0 spiro atoms. The van der Waals surface area contributed by atoms with Crippen LogP contribution in [-0.4, -0.2) is 71.1 Å². The van der Waals surface area contributed by atoms with Crippen molar-refractivity contribution in [2.45, 2.75) is 24.7 Å². The Kier molecular flexibility index (Phi) is 6.61. The maximum Gasteiger partial charge on any atom is 0.243 e. The molecule has 0 unspecified atom stereocenters. The van der Waals surface area contributed by atoms with E-state index in [1.165, 1.54) is 15.7 Å². The van der Waals surface area contributed by atoms with Gasteiger partial charge in [0, 0.05) is 33.3 Å². The van der Waals surface area contributed by atoms with Gasteiger partial charge in [-0.15, -0.1) is 0 Å². The smallest absolute Gasteiger partial charge is 0.243 e. The Hall–Kier alpha value is -1.00. The highest BCUT2D eigenvalue weighted by molar-refractivity contribution is 7.89. The Balaban J connectivity index is 2.06. The summed E-state index contributed by atoms with van der Waals surface area (Å²) in [6.07, 6.45) is 0. The first-order valence-electron chi connectivity index (χ1n) is 8.25. The molecule has 1 aliphatic rings. The SMILES string of the molecule is COCCS(=O)(=O)N1CCN(S(=O)(=O)c2ccc(C(C)C)cc2)CC1. The third-order valence-corrected chi connectivity index (χ3v) is 8.07. The molecule has 9 heteroatoms. The molecular formula is C16H26N2O5S2. The fourth-order valence-electron chi connectivity index (χ4n) is 2.68. The highest BCUT2D eigenvalue weighted by Crippen LogP contribution is 2.21. The van der Waals surface area contributed by atoms with Crippen molar-refractivity contribution in [1.29, 1.82) is 0 Å². The van der Waals surface area contributed by atoms with Gasteiger partial charge in [-0.3, -0.25) is 0 Å². The van der Waals surface area contributed by atoms with Gasteiger partial charge in [0.1, 0.15) is 0 Å². The number of hydrogen-bond donors (Lipinski definition) is 0. The number of hydrogen-bond acceptors (Lipinski definition) is 5. The van der Waals surface area contributed by atoms with Gasteiger partial charge in [0.2, 0.25) is 20.0 Å². The molecule has 1 aromatic rings. The molecule has 1 aliphatic heterocycles. The molecule has 0 N–H and O–H groups in total. The number of sulfonamides is 2. The van der Waals surface area contributed by atoms with E-state index in [2.05, 4.69) is 0 Å². The normalized spacial score (nSPS) is 17.9. The van der Waals surface area contributed by atoms with Gasteiger partial charge >= 0.3 is 0 Å². The van der Waals surface area contributed by atoms with Crippen LogP contribution in [0.3, 0.4) is 0 Å². The molecule has 142 valence electrons. The second kappa shape index (κ2) is 8.13. The highest BCUT2D eigenvalue weighted by atomic mass is 32.2. The zero-order valence-electron chi connectivity index (χ0n) is 14.9. The molecule has 0 atom stereocenters. The van der Waals surface area contributed by atoms with E-state index in [0.29, 0.717) is 5.92 Å². The molecule has 1 heterocycles. The van der Waals surface area contributed by atoms with E-state index in [4.69, 9.17) is 4.74 Å². The van der Waals surface area contributed by atoms with Crippen LogP contribution in [0.25, 0.3) is 0 Å². The van der Waals surface area contributed by atoms with Crippen molar-refractivity contribution in [3.63, 3.8) is 0 Å². The summed E-state index contributed by atoms with van der Waals surface area (Å²) >= 11 is 0. The maximum absolute atomic E-state index is 12.7. The number of nitrogens with zero attached hydrogens (tertiary/aromatic N) is 2. The first-order chi connectivity index (χ1) is 11.7. The van der Waals surface area contributed by atoms with Crippen molar-refractivity contribution in [2.75, 3.05) is 45.6 Å². The van der Waals surface area contributed by atoms with Crippen molar-refractivity contribution < 1.29 is 21.6 Å². The number of ether oxygens (including phenoxy) is 1. The van der Waals surface area contributed by atoms with E-state index >= 15 is 0 Å². The molecule has 7 nitrogen and oxygen atoms in total. The number of rotatable bonds is 7. The summed E-state index contributed by atoms with van der Waals surface area (Å²) in [5.41, 5.74) is 1.08. The van der Waals surface area contributed by atoms with Crippen molar-refractivity contribution in [3.8, 4) is 0 Å². The Morgan fingerprint density at radius 1 is 0.960 bits per heavy atom. The quantitative estimate of drug-likeness (QED) is 0.696. The van der Waals surface area contributed by atoms with Gasteiger partial charge in [-0.2, -0.15) is 8.61 Å². The first-order valence-corrected chi connectivity index (χ1v) is 11.3. The number of benzene rings is 1. The van der Waals surface area contributed by atoms with Crippen molar-refractivity contribution in [3.05, 3.63) is 29.8 Å². The van der Waals surface area contributed by atoms with Crippen LogP contribution in [0.5, 0.6) is 0 Å². The number of piperazine rings is 1. The van der Waals surface area contributed by atoms with Crippen LogP contribution >= 0.6 is 0 Å². The summed E-state index contributed by atoms with van der Waals surface area (Å²) in [6, 6.07) is 6.88. The summed E-state index contributed by atoms with van der Waals surface area (Å²) in [6.45, 7) is 4.86. The van der Waals surface area contributed by atoms with Crippen molar-refractivity contribution in [1.82, 2.24) is 8.61 Å². The monoisotopic (exact) mass is 390 g/mol. The van der Waals surface area contributed by atoms with E-state index in [0.717, 1.165) is 5.56 Å². The third-order valence-electron chi connectivity index (χ3n) is 4.32. The molecule has 25 heavy (non-hydrogen) atoms. The molecule has 1 fully saturated rings. The van der Waals surface area contributed by atoms with Gasteiger partial charge in [0.25, 0.3) is 0 Å². The van der Waals surface area contributed by atoms with Gasteiger partial charge < -0.3 is 4.74 Å². The topological polar surface area (TPSA) is 84.0 Å². The lowest BCUT2D eigenvalue weighted by Gasteiger charge is -2.33. The van der Waals surface area contributed by atoms with Crippen LogP contribution in [0, 0.1) is 0 Å². The minimum atomic E-state index is -3.60. The van der Waals surface area contributed by atoms with Crippen LogP contribution in [0.4, 0.5) is 0 Å². The van der Waals surface area contributed by atoms with Crippen LogP contribution in [0.2, 0.25) is 0 Å². The Labute approximate surface area is 150 Å². The average Bonchev–Trinajstić information content (AvgIpc) is 2.60. The van der Waals surface area contributed by atoms with Gasteiger partial charge in [0.15, 0.2) is 0 Å². The fraction of sp³-hybridized carbons (Fsp3) is 0.625. The fourth-order valence-corrected chi connectivity index (χ4v) is 5.46. The predicted octanol–water partition coefficient (Wildman–Crippen LogP) is 1.09. The number of methoxy groups -OCH3 is 1. The van der Waals surface area contributed by atoms with E-state index in [-0.39, 0.29) is 43.4 Å². The summed E-state index contributed by atoms with van der Waals surface area (Å²) in [7, 11) is -5.56. The second-order valence-electron chi connectivity index (χ2n) is 6.34. The molecule has 1 saturated heterocycles.